The summed E-state index contributed by atoms with van der Waals surface area (Å²) in [4.78, 5) is 0. The van der Waals surface area contributed by atoms with Crippen molar-refractivity contribution in [3.8, 4) is 0 Å². The second-order valence-corrected chi connectivity index (χ2v) is 7.64. The van der Waals surface area contributed by atoms with Crippen molar-refractivity contribution >= 4 is 9.93 Å². The zero-order valence-electron chi connectivity index (χ0n) is 9.41. The van der Waals surface area contributed by atoms with Crippen LogP contribution < -0.4 is 0 Å². The first-order chi connectivity index (χ1) is 6.38. The van der Waals surface area contributed by atoms with Gasteiger partial charge < -0.3 is 0 Å². The van der Waals surface area contributed by atoms with Crippen LogP contribution >= 0.6 is 0 Å². The summed E-state index contributed by atoms with van der Waals surface area (Å²) in [7, 11) is -1.66. The Morgan fingerprint density at radius 3 is 2.00 bits per heavy atom. The fraction of sp³-hybridized carbons (Fsp3) is 0.500. The molecule has 0 fully saturated rings. The number of hydrogen-bond acceptors (Lipinski definition) is 1. The van der Waals surface area contributed by atoms with E-state index in [1.807, 2.05) is 12.5 Å². The minimum Gasteiger partial charge on any atom is -0.106 e. The molecule has 0 saturated carbocycles. The van der Waals surface area contributed by atoms with Crippen LogP contribution in [0.2, 0.25) is 0 Å². The second-order valence-electron chi connectivity index (χ2n) is 4.48. The summed E-state index contributed by atoms with van der Waals surface area (Å²) >= 11 is 0. The minimum atomic E-state index is -1.66. The zero-order chi connectivity index (χ0) is 10.8. The summed E-state index contributed by atoms with van der Waals surface area (Å²) in [5, 5.41) is 0. The van der Waals surface area contributed by atoms with E-state index in [1.54, 1.807) is 0 Å². The molecule has 1 nitrogen and oxygen atoms in total. The first-order valence-corrected chi connectivity index (χ1v) is 7.43. The van der Waals surface area contributed by atoms with Crippen molar-refractivity contribution in [1.29, 1.82) is 0 Å². The quantitative estimate of drug-likeness (QED) is 0.702. The molecular formula is C12H19OS+. The lowest BCUT2D eigenvalue weighted by atomic mass is 10.0. The third-order valence-electron chi connectivity index (χ3n) is 2.16. The standard InChI is InChI=1S/C12H19OS/c1-10(2)12-7-5-11(6-8-12)9-14(3,4)13/h5-8,10H,9H2,1-4H3/q+1. The van der Waals surface area contributed by atoms with E-state index in [9.17, 15) is 4.21 Å². The molecular weight excluding hydrogens is 192 g/mol. The molecule has 1 aromatic rings. The van der Waals surface area contributed by atoms with Crippen molar-refractivity contribution in [2.45, 2.75) is 25.5 Å². The number of benzene rings is 1. The summed E-state index contributed by atoms with van der Waals surface area (Å²) in [6.07, 6.45) is 3.62. The van der Waals surface area contributed by atoms with E-state index in [0.717, 1.165) is 0 Å². The van der Waals surface area contributed by atoms with Gasteiger partial charge in [0.05, 0.1) is 9.93 Å². The van der Waals surface area contributed by atoms with Crippen molar-refractivity contribution in [2.24, 2.45) is 0 Å². The van der Waals surface area contributed by atoms with E-state index >= 15 is 0 Å². The molecule has 0 aliphatic carbocycles. The monoisotopic (exact) mass is 211 g/mol. The smallest absolute Gasteiger partial charge is 0.106 e. The van der Waals surface area contributed by atoms with Gasteiger partial charge >= 0.3 is 0 Å². The van der Waals surface area contributed by atoms with Gasteiger partial charge in [0.25, 0.3) is 0 Å². The number of hydrogen-bond donors (Lipinski definition) is 0. The first-order valence-electron chi connectivity index (χ1n) is 4.89. The molecule has 0 unspecified atom stereocenters. The molecule has 0 amide bonds. The van der Waals surface area contributed by atoms with E-state index < -0.39 is 9.93 Å². The van der Waals surface area contributed by atoms with Gasteiger partial charge in [0, 0.05) is 5.56 Å². The molecule has 78 valence electrons. The van der Waals surface area contributed by atoms with Crippen molar-refractivity contribution in [2.75, 3.05) is 12.5 Å². The van der Waals surface area contributed by atoms with Gasteiger partial charge in [-0.25, -0.2) is 0 Å². The van der Waals surface area contributed by atoms with Gasteiger partial charge in [0.15, 0.2) is 0 Å². The Hall–Kier alpha value is -0.630. The Morgan fingerprint density at radius 2 is 1.64 bits per heavy atom. The molecule has 1 rings (SSSR count). The molecule has 0 aliphatic heterocycles. The summed E-state index contributed by atoms with van der Waals surface area (Å²) in [5.74, 6) is 1.25. The molecule has 0 aliphatic rings. The summed E-state index contributed by atoms with van der Waals surface area (Å²) in [6.45, 7) is 4.36. The predicted octanol–water partition coefficient (Wildman–Crippen LogP) is 3.07. The van der Waals surface area contributed by atoms with Crippen molar-refractivity contribution in [3.05, 3.63) is 35.4 Å². The van der Waals surface area contributed by atoms with Gasteiger partial charge in [0.1, 0.15) is 18.3 Å². The lowest BCUT2D eigenvalue weighted by Crippen LogP contribution is -2.08. The highest BCUT2D eigenvalue weighted by Crippen LogP contribution is 2.16. The highest BCUT2D eigenvalue weighted by atomic mass is 32.2. The van der Waals surface area contributed by atoms with Gasteiger partial charge in [-0.15, -0.1) is 4.21 Å². The molecule has 14 heavy (non-hydrogen) atoms. The fourth-order valence-corrected chi connectivity index (χ4v) is 2.40. The van der Waals surface area contributed by atoms with Crippen molar-refractivity contribution in [3.63, 3.8) is 0 Å². The Kier molecular flexibility index (Phi) is 3.48. The Labute approximate surface area is 88.0 Å². The normalized spacial score (nSPS) is 12.1. The summed E-state index contributed by atoms with van der Waals surface area (Å²) in [6, 6.07) is 8.43. The molecule has 0 N–H and O–H groups in total. The van der Waals surface area contributed by atoms with Crippen LogP contribution in [0.1, 0.15) is 30.9 Å². The SMILES string of the molecule is CC(C)c1ccc(C[S+](C)(C)=O)cc1. The summed E-state index contributed by atoms with van der Waals surface area (Å²) < 4.78 is 11.6. The van der Waals surface area contributed by atoms with Gasteiger partial charge in [-0.2, -0.15) is 0 Å². The Morgan fingerprint density at radius 1 is 1.14 bits per heavy atom. The average Bonchev–Trinajstić information content (AvgIpc) is 2.02. The van der Waals surface area contributed by atoms with Crippen LogP contribution in [0.15, 0.2) is 24.3 Å². The maximum atomic E-state index is 11.6. The topological polar surface area (TPSA) is 17.1 Å². The van der Waals surface area contributed by atoms with Crippen LogP contribution in [0.5, 0.6) is 0 Å². The Bertz CT molecular complexity index is 332. The highest BCUT2D eigenvalue weighted by molar-refractivity contribution is 8.00. The van der Waals surface area contributed by atoms with Crippen LogP contribution in [0, 0.1) is 0 Å². The second kappa shape index (κ2) is 4.26. The molecule has 0 aromatic heterocycles. The molecule has 0 atom stereocenters. The number of rotatable bonds is 3. The average molecular weight is 211 g/mol. The molecule has 2 heteroatoms. The Balaban J connectivity index is 2.79. The van der Waals surface area contributed by atoms with E-state index in [2.05, 4.69) is 38.1 Å². The van der Waals surface area contributed by atoms with E-state index in [0.29, 0.717) is 11.7 Å². The van der Waals surface area contributed by atoms with Crippen LogP contribution in [-0.4, -0.2) is 12.5 Å². The predicted molar refractivity (Wildman–Crippen MR) is 64.1 cm³/mol. The molecule has 1 aromatic carbocycles. The van der Waals surface area contributed by atoms with Gasteiger partial charge in [-0.05, 0) is 11.5 Å². The maximum absolute atomic E-state index is 11.6. The lowest BCUT2D eigenvalue weighted by Gasteiger charge is -2.06. The minimum absolute atomic E-state index is 0.566. The molecule has 0 bridgehead atoms. The first kappa shape index (κ1) is 11.4. The van der Waals surface area contributed by atoms with E-state index in [4.69, 9.17) is 0 Å². The fourth-order valence-electron chi connectivity index (χ4n) is 1.40. The zero-order valence-corrected chi connectivity index (χ0v) is 10.2. The van der Waals surface area contributed by atoms with Crippen LogP contribution in [-0.2, 0) is 19.9 Å². The van der Waals surface area contributed by atoms with Gasteiger partial charge in [0.2, 0.25) is 0 Å². The van der Waals surface area contributed by atoms with Crippen LogP contribution in [0.25, 0.3) is 0 Å². The third-order valence-corrected chi connectivity index (χ3v) is 3.19. The summed E-state index contributed by atoms with van der Waals surface area (Å²) in [5.41, 5.74) is 2.51. The molecule has 0 spiro atoms. The molecule has 0 saturated heterocycles. The van der Waals surface area contributed by atoms with Gasteiger partial charge in [-0.1, -0.05) is 38.1 Å². The van der Waals surface area contributed by atoms with Crippen molar-refractivity contribution < 1.29 is 4.21 Å². The molecule has 0 radical (unpaired) electrons. The molecule has 0 heterocycles. The van der Waals surface area contributed by atoms with Gasteiger partial charge in [-0.3, -0.25) is 0 Å². The van der Waals surface area contributed by atoms with Crippen LogP contribution in [0.4, 0.5) is 0 Å². The largest absolute Gasteiger partial charge is 0.136 e. The van der Waals surface area contributed by atoms with E-state index in [1.165, 1.54) is 11.1 Å². The van der Waals surface area contributed by atoms with E-state index in [-0.39, 0.29) is 0 Å². The highest BCUT2D eigenvalue weighted by Gasteiger charge is 2.13. The third kappa shape index (κ3) is 3.62. The lowest BCUT2D eigenvalue weighted by molar-refractivity contribution is 0.590. The maximum Gasteiger partial charge on any atom is 0.136 e. The van der Waals surface area contributed by atoms with Crippen molar-refractivity contribution in [1.82, 2.24) is 0 Å². The van der Waals surface area contributed by atoms with Crippen LogP contribution in [0.3, 0.4) is 0 Å².